The predicted molar refractivity (Wildman–Crippen MR) is 66.4 cm³/mol. The molecular formula is C11H13Cl2NO2. The fourth-order valence-electron chi connectivity index (χ4n) is 1.06. The summed E-state index contributed by atoms with van der Waals surface area (Å²) in [6.07, 6.45) is 0. The number of ether oxygens (including phenoxy) is 1. The maximum absolute atomic E-state index is 10.3. The summed E-state index contributed by atoms with van der Waals surface area (Å²) in [5, 5.41) is 3.98. The Labute approximate surface area is 105 Å². The van der Waals surface area contributed by atoms with E-state index in [1.807, 2.05) is 6.92 Å². The third kappa shape index (κ3) is 3.65. The second-order valence-corrected chi connectivity index (χ2v) is 4.55. The topological polar surface area (TPSA) is 38.7 Å². The molecule has 0 saturated carbocycles. The summed E-state index contributed by atoms with van der Waals surface area (Å²) in [5.41, 5.74) is 0. The Morgan fingerprint density at radius 2 is 2.06 bits per heavy atom. The van der Waals surface area contributed by atoms with Crippen molar-refractivity contribution in [2.24, 2.45) is 11.1 Å². The van der Waals surface area contributed by atoms with Gasteiger partial charge in [-0.1, -0.05) is 35.3 Å². The van der Waals surface area contributed by atoms with E-state index in [1.54, 1.807) is 25.1 Å². The van der Waals surface area contributed by atoms with Crippen LogP contribution in [0.15, 0.2) is 23.4 Å². The largest absolute Gasteiger partial charge is 0.492 e. The third-order valence-corrected chi connectivity index (χ3v) is 2.92. The molecule has 0 saturated heterocycles. The summed E-state index contributed by atoms with van der Waals surface area (Å²) in [4.78, 5) is 10.3. The van der Waals surface area contributed by atoms with Crippen LogP contribution in [0.25, 0.3) is 0 Å². The molecule has 0 amide bonds. The van der Waals surface area contributed by atoms with Crippen LogP contribution in [0, 0.1) is 10.8 Å². The molecule has 2 unspecified atom stereocenters. The summed E-state index contributed by atoms with van der Waals surface area (Å²) in [6, 6.07) is 4.75. The minimum Gasteiger partial charge on any atom is -0.492 e. The molecule has 2 atom stereocenters. The Kier molecular flexibility index (Phi) is 5.03. The van der Waals surface area contributed by atoms with Crippen molar-refractivity contribution in [3.8, 4) is 5.75 Å². The maximum atomic E-state index is 10.3. The van der Waals surface area contributed by atoms with E-state index in [0.717, 1.165) is 0 Å². The zero-order valence-corrected chi connectivity index (χ0v) is 10.6. The minimum absolute atomic E-state index is 0.0456. The molecule has 0 spiro atoms. The van der Waals surface area contributed by atoms with Crippen molar-refractivity contribution in [2.45, 2.75) is 19.9 Å². The van der Waals surface area contributed by atoms with Gasteiger partial charge >= 0.3 is 0 Å². The summed E-state index contributed by atoms with van der Waals surface area (Å²) in [5.74, 6) is 0.611. The Bertz CT molecular complexity index is 371. The van der Waals surface area contributed by atoms with E-state index in [4.69, 9.17) is 27.9 Å². The van der Waals surface area contributed by atoms with Crippen LogP contribution in [0.4, 0.5) is 0 Å². The lowest BCUT2D eigenvalue weighted by Gasteiger charge is -2.15. The van der Waals surface area contributed by atoms with Gasteiger partial charge in [0.2, 0.25) is 0 Å². The zero-order chi connectivity index (χ0) is 12.1. The molecule has 0 aliphatic heterocycles. The van der Waals surface area contributed by atoms with Crippen LogP contribution in [-0.4, -0.2) is 12.6 Å². The van der Waals surface area contributed by atoms with Gasteiger partial charge in [-0.3, -0.25) is 0 Å². The Morgan fingerprint density at radius 3 is 2.62 bits per heavy atom. The van der Waals surface area contributed by atoms with Gasteiger partial charge in [0.15, 0.2) is 0 Å². The molecule has 88 valence electrons. The van der Waals surface area contributed by atoms with Crippen molar-refractivity contribution in [3.05, 3.63) is 33.2 Å². The zero-order valence-electron chi connectivity index (χ0n) is 9.11. The molecule has 16 heavy (non-hydrogen) atoms. The molecule has 1 aromatic carbocycles. The first kappa shape index (κ1) is 13.3. The van der Waals surface area contributed by atoms with Crippen molar-refractivity contribution in [2.75, 3.05) is 6.61 Å². The highest BCUT2D eigenvalue weighted by Crippen LogP contribution is 2.28. The first-order valence-electron chi connectivity index (χ1n) is 4.95. The molecule has 0 aliphatic rings. The number of hydrogen-bond donors (Lipinski definition) is 0. The van der Waals surface area contributed by atoms with Gasteiger partial charge in [-0.25, -0.2) is 0 Å². The third-order valence-electron chi connectivity index (χ3n) is 2.39. The molecule has 0 fully saturated rings. The SMILES string of the molecule is CC(COc1ccc(Cl)cc1Cl)C(C)N=O. The second-order valence-electron chi connectivity index (χ2n) is 3.71. The standard InChI is InChI=1S/C11H13Cl2NO2/c1-7(8(2)14-15)6-16-11-4-3-9(12)5-10(11)13/h3-5,7-8H,6H2,1-2H3. The van der Waals surface area contributed by atoms with Crippen LogP contribution in [0.3, 0.4) is 0 Å². The van der Waals surface area contributed by atoms with Crippen molar-refractivity contribution in [3.63, 3.8) is 0 Å². The maximum Gasteiger partial charge on any atom is 0.137 e. The molecule has 5 heteroatoms. The van der Waals surface area contributed by atoms with Gasteiger partial charge in [0.1, 0.15) is 5.75 Å². The lowest BCUT2D eigenvalue weighted by Crippen LogP contribution is -2.19. The molecule has 1 rings (SSSR count). The van der Waals surface area contributed by atoms with E-state index in [2.05, 4.69) is 5.18 Å². The van der Waals surface area contributed by atoms with Gasteiger partial charge in [-0.2, -0.15) is 4.91 Å². The molecule has 0 bridgehead atoms. The van der Waals surface area contributed by atoms with Gasteiger partial charge < -0.3 is 4.74 Å². The van der Waals surface area contributed by atoms with Crippen LogP contribution in [0.1, 0.15) is 13.8 Å². The van der Waals surface area contributed by atoms with E-state index in [0.29, 0.717) is 22.4 Å². The first-order chi connectivity index (χ1) is 7.54. The van der Waals surface area contributed by atoms with Crippen molar-refractivity contribution in [1.29, 1.82) is 0 Å². The summed E-state index contributed by atoms with van der Waals surface area (Å²) >= 11 is 11.7. The Morgan fingerprint density at radius 1 is 1.38 bits per heavy atom. The lowest BCUT2D eigenvalue weighted by atomic mass is 10.1. The number of hydrogen-bond acceptors (Lipinski definition) is 3. The van der Waals surface area contributed by atoms with Crippen LogP contribution in [-0.2, 0) is 0 Å². The fourth-order valence-corrected chi connectivity index (χ4v) is 1.52. The highest BCUT2D eigenvalue weighted by atomic mass is 35.5. The number of halogens is 2. The molecule has 0 radical (unpaired) electrons. The van der Waals surface area contributed by atoms with Crippen molar-refractivity contribution in [1.82, 2.24) is 0 Å². The highest BCUT2D eigenvalue weighted by Gasteiger charge is 2.13. The van der Waals surface area contributed by atoms with Crippen LogP contribution in [0.5, 0.6) is 5.75 Å². The molecule has 0 heterocycles. The van der Waals surface area contributed by atoms with Gasteiger partial charge in [-0.05, 0) is 25.1 Å². The quantitative estimate of drug-likeness (QED) is 0.747. The van der Waals surface area contributed by atoms with Gasteiger partial charge in [0.25, 0.3) is 0 Å². The number of nitroso groups, excluding NO2 is 1. The smallest absolute Gasteiger partial charge is 0.137 e. The minimum atomic E-state index is -0.272. The molecule has 0 N–H and O–H groups in total. The number of nitrogens with zero attached hydrogens (tertiary/aromatic N) is 1. The van der Waals surface area contributed by atoms with E-state index >= 15 is 0 Å². The second kappa shape index (κ2) is 6.06. The van der Waals surface area contributed by atoms with E-state index in [1.165, 1.54) is 0 Å². The van der Waals surface area contributed by atoms with Crippen LogP contribution < -0.4 is 4.74 Å². The van der Waals surface area contributed by atoms with E-state index in [-0.39, 0.29) is 12.0 Å². The summed E-state index contributed by atoms with van der Waals surface area (Å²) < 4.78 is 5.49. The summed E-state index contributed by atoms with van der Waals surface area (Å²) in [6.45, 7) is 4.05. The number of benzene rings is 1. The molecule has 0 aliphatic carbocycles. The normalized spacial score (nSPS) is 14.2. The molecule has 0 aromatic heterocycles. The van der Waals surface area contributed by atoms with Gasteiger partial charge in [-0.15, -0.1) is 0 Å². The first-order valence-corrected chi connectivity index (χ1v) is 5.70. The van der Waals surface area contributed by atoms with Crippen molar-refractivity contribution < 1.29 is 4.74 Å². The molecular weight excluding hydrogens is 249 g/mol. The van der Waals surface area contributed by atoms with Crippen LogP contribution in [0.2, 0.25) is 10.0 Å². The Hall–Kier alpha value is -0.800. The van der Waals surface area contributed by atoms with E-state index in [9.17, 15) is 4.91 Å². The predicted octanol–water partition coefficient (Wildman–Crippen LogP) is 4.16. The van der Waals surface area contributed by atoms with Crippen LogP contribution >= 0.6 is 23.2 Å². The summed E-state index contributed by atoms with van der Waals surface area (Å²) in [7, 11) is 0. The lowest BCUT2D eigenvalue weighted by molar-refractivity contribution is 0.243. The number of rotatable bonds is 5. The average molecular weight is 262 g/mol. The molecule has 1 aromatic rings. The van der Waals surface area contributed by atoms with E-state index < -0.39 is 0 Å². The molecule has 3 nitrogen and oxygen atoms in total. The average Bonchev–Trinajstić information content (AvgIpc) is 2.26. The Balaban J connectivity index is 2.57. The fraction of sp³-hybridized carbons (Fsp3) is 0.455. The van der Waals surface area contributed by atoms with Gasteiger partial charge in [0, 0.05) is 10.9 Å². The monoisotopic (exact) mass is 261 g/mol. The van der Waals surface area contributed by atoms with Gasteiger partial charge in [0.05, 0.1) is 17.7 Å². The highest BCUT2D eigenvalue weighted by molar-refractivity contribution is 6.35. The van der Waals surface area contributed by atoms with Crippen molar-refractivity contribution >= 4 is 23.2 Å².